The van der Waals surface area contributed by atoms with Crippen molar-refractivity contribution >= 4 is 0 Å². The van der Waals surface area contributed by atoms with Gasteiger partial charge in [-0.05, 0) is 43.5 Å². The summed E-state index contributed by atoms with van der Waals surface area (Å²) < 4.78 is 6.09. The number of aryl methyl sites for hydroxylation is 2. The lowest BCUT2D eigenvalue weighted by Crippen LogP contribution is -2.19. The van der Waals surface area contributed by atoms with E-state index in [4.69, 9.17) is 10.5 Å². The molecule has 0 spiro atoms. The molecule has 0 amide bonds. The zero-order valence-corrected chi connectivity index (χ0v) is 11.8. The number of rotatable bonds is 4. The Hall–Kier alpha value is -1.80. The molecule has 2 aromatic carbocycles. The lowest BCUT2D eigenvalue weighted by Gasteiger charge is -2.20. The van der Waals surface area contributed by atoms with E-state index in [0.29, 0.717) is 6.54 Å². The van der Waals surface area contributed by atoms with Crippen molar-refractivity contribution in [2.45, 2.75) is 26.9 Å². The molecule has 0 aliphatic rings. The van der Waals surface area contributed by atoms with Gasteiger partial charge >= 0.3 is 0 Å². The molecule has 0 bridgehead atoms. The quantitative estimate of drug-likeness (QED) is 0.904. The minimum atomic E-state index is -0.0969. The molecule has 2 aromatic rings. The summed E-state index contributed by atoms with van der Waals surface area (Å²) in [4.78, 5) is 0. The zero-order chi connectivity index (χ0) is 13.8. The van der Waals surface area contributed by atoms with Gasteiger partial charge in [-0.25, -0.2) is 0 Å². The van der Waals surface area contributed by atoms with Crippen molar-refractivity contribution in [2.24, 2.45) is 5.73 Å². The summed E-state index contributed by atoms with van der Waals surface area (Å²) in [6.07, 6.45) is -0.0969. The second-order valence-corrected chi connectivity index (χ2v) is 4.95. The van der Waals surface area contributed by atoms with E-state index in [1.807, 2.05) is 18.2 Å². The van der Waals surface area contributed by atoms with Crippen LogP contribution in [0.3, 0.4) is 0 Å². The highest BCUT2D eigenvalue weighted by Gasteiger charge is 2.13. The summed E-state index contributed by atoms with van der Waals surface area (Å²) in [5, 5.41) is 0. The van der Waals surface area contributed by atoms with Crippen molar-refractivity contribution < 1.29 is 4.74 Å². The van der Waals surface area contributed by atoms with Crippen molar-refractivity contribution in [1.29, 1.82) is 0 Å². The van der Waals surface area contributed by atoms with Crippen LogP contribution in [-0.2, 0) is 0 Å². The van der Waals surface area contributed by atoms with E-state index in [1.54, 1.807) is 0 Å². The van der Waals surface area contributed by atoms with Gasteiger partial charge < -0.3 is 10.5 Å². The smallest absolute Gasteiger partial charge is 0.136 e. The molecule has 2 nitrogen and oxygen atoms in total. The Morgan fingerprint density at radius 1 is 1.05 bits per heavy atom. The Morgan fingerprint density at radius 3 is 2.47 bits per heavy atom. The topological polar surface area (TPSA) is 35.2 Å². The summed E-state index contributed by atoms with van der Waals surface area (Å²) >= 11 is 0. The first-order valence-corrected chi connectivity index (χ1v) is 6.61. The van der Waals surface area contributed by atoms with Gasteiger partial charge in [-0.3, -0.25) is 0 Å². The fourth-order valence-electron chi connectivity index (χ4n) is 2.13. The third kappa shape index (κ3) is 3.15. The van der Waals surface area contributed by atoms with E-state index in [-0.39, 0.29) is 6.10 Å². The maximum absolute atomic E-state index is 6.09. The highest BCUT2D eigenvalue weighted by atomic mass is 16.5. The maximum Gasteiger partial charge on any atom is 0.136 e. The molecule has 2 heteroatoms. The van der Waals surface area contributed by atoms with Gasteiger partial charge in [-0.15, -0.1) is 0 Å². The van der Waals surface area contributed by atoms with Crippen molar-refractivity contribution in [3.8, 4) is 5.75 Å². The largest absolute Gasteiger partial charge is 0.484 e. The van der Waals surface area contributed by atoms with Gasteiger partial charge in [0.2, 0.25) is 0 Å². The van der Waals surface area contributed by atoms with Crippen LogP contribution in [-0.4, -0.2) is 6.54 Å². The van der Waals surface area contributed by atoms with Crippen molar-refractivity contribution in [2.75, 3.05) is 6.54 Å². The lowest BCUT2D eigenvalue weighted by molar-refractivity contribution is 0.212. The molecule has 2 N–H and O–H groups in total. The highest BCUT2D eigenvalue weighted by molar-refractivity contribution is 5.39. The Labute approximate surface area is 115 Å². The molecule has 0 saturated heterocycles. The normalized spacial score (nSPS) is 12.2. The zero-order valence-electron chi connectivity index (χ0n) is 11.8. The summed E-state index contributed by atoms with van der Waals surface area (Å²) in [7, 11) is 0. The first-order chi connectivity index (χ1) is 9.11. The van der Waals surface area contributed by atoms with Crippen LogP contribution in [0.1, 0.15) is 28.4 Å². The van der Waals surface area contributed by atoms with E-state index in [2.05, 4.69) is 45.0 Å². The maximum atomic E-state index is 6.09. The average molecular weight is 255 g/mol. The average Bonchev–Trinajstić information content (AvgIpc) is 2.40. The number of nitrogens with two attached hydrogens (primary N) is 1. The monoisotopic (exact) mass is 255 g/mol. The first kappa shape index (κ1) is 13.6. The van der Waals surface area contributed by atoms with Crippen molar-refractivity contribution in [3.63, 3.8) is 0 Å². The van der Waals surface area contributed by atoms with Crippen LogP contribution in [0.5, 0.6) is 5.75 Å². The van der Waals surface area contributed by atoms with Crippen LogP contribution in [0.2, 0.25) is 0 Å². The molecular weight excluding hydrogens is 234 g/mol. The summed E-state index contributed by atoms with van der Waals surface area (Å²) in [5.41, 5.74) is 10.6. The molecule has 0 radical (unpaired) electrons. The van der Waals surface area contributed by atoms with E-state index in [9.17, 15) is 0 Å². The standard InChI is InChI=1S/C17H21NO/c1-12-6-4-8-15(10-12)17(11-18)19-16-9-5-7-13(2)14(16)3/h4-10,17H,11,18H2,1-3H3. The van der Waals surface area contributed by atoms with Crippen LogP contribution in [0.25, 0.3) is 0 Å². The third-order valence-electron chi connectivity index (χ3n) is 3.45. The predicted molar refractivity (Wildman–Crippen MR) is 79.5 cm³/mol. The fraction of sp³-hybridized carbons (Fsp3) is 0.294. The van der Waals surface area contributed by atoms with Crippen LogP contribution < -0.4 is 10.5 Å². The molecule has 0 aromatic heterocycles. The SMILES string of the molecule is Cc1cccc(C(CN)Oc2cccc(C)c2C)c1. The second kappa shape index (κ2) is 5.89. The molecule has 0 heterocycles. The van der Waals surface area contributed by atoms with Gasteiger partial charge in [0.05, 0.1) is 0 Å². The van der Waals surface area contributed by atoms with Crippen molar-refractivity contribution in [1.82, 2.24) is 0 Å². The summed E-state index contributed by atoms with van der Waals surface area (Å²) in [6, 6.07) is 14.4. The summed E-state index contributed by atoms with van der Waals surface area (Å²) in [5.74, 6) is 0.914. The number of ether oxygens (including phenoxy) is 1. The second-order valence-electron chi connectivity index (χ2n) is 4.95. The Kier molecular flexibility index (Phi) is 4.23. The number of hydrogen-bond donors (Lipinski definition) is 1. The molecular formula is C17H21NO. The van der Waals surface area contributed by atoms with Crippen LogP contribution in [0.15, 0.2) is 42.5 Å². The Balaban J connectivity index is 2.26. The lowest BCUT2D eigenvalue weighted by atomic mass is 10.1. The van der Waals surface area contributed by atoms with Gasteiger partial charge in [0.25, 0.3) is 0 Å². The predicted octanol–water partition coefficient (Wildman–Crippen LogP) is 3.69. The van der Waals surface area contributed by atoms with Gasteiger partial charge in [0, 0.05) is 6.54 Å². The molecule has 0 aliphatic heterocycles. The van der Waals surface area contributed by atoms with Crippen molar-refractivity contribution in [3.05, 3.63) is 64.7 Å². The minimum absolute atomic E-state index is 0.0969. The van der Waals surface area contributed by atoms with Crippen LogP contribution >= 0.6 is 0 Å². The van der Waals surface area contributed by atoms with E-state index in [0.717, 1.165) is 11.3 Å². The molecule has 0 aliphatic carbocycles. The van der Waals surface area contributed by atoms with Crippen LogP contribution in [0, 0.1) is 20.8 Å². The van der Waals surface area contributed by atoms with E-state index < -0.39 is 0 Å². The van der Waals surface area contributed by atoms with E-state index >= 15 is 0 Å². The number of hydrogen-bond acceptors (Lipinski definition) is 2. The molecule has 1 unspecified atom stereocenters. The highest BCUT2D eigenvalue weighted by Crippen LogP contribution is 2.26. The minimum Gasteiger partial charge on any atom is -0.484 e. The van der Waals surface area contributed by atoms with Gasteiger partial charge in [-0.2, -0.15) is 0 Å². The summed E-state index contributed by atoms with van der Waals surface area (Å²) in [6.45, 7) is 6.71. The molecule has 0 saturated carbocycles. The third-order valence-corrected chi connectivity index (χ3v) is 3.45. The van der Waals surface area contributed by atoms with Gasteiger partial charge in [0.15, 0.2) is 0 Å². The first-order valence-electron chi connectivity index (χ1n) is 6.61. The molecule has 2 rings (SSSR count). The van der Waals surface area contributed by atoms with Gasteiger partial charge in [-0.1, -0.05) is 42.0 Å². The van der Waals surface area contributed by atoms with Gasteiger partial charge in [0.1, 0.15) is 11.9 Å². The van der Waals surface area contributed by atoms with Crippen LogP contribution in [0.4, 0.5) is 0 Å². The number of benzene rings is 2. The molecule has 1 atom stereocenters. The molecule has 0 fully saturated rings. The van der Waals surface area contributed by atoms with E-state index in [1.165, 1.54) is 16.7 Å². The molecule has 19 heavy (non-hydrogen) atoms. The fourth-order valence-corrected chi connectivity index (χ4v) is 2.13. The Morgan fingerprint density at radius 2 is 1.79 bits per heavy atom. The Bertz CT molecular complexity index is 563. The molecule has 100 valence electrons.